The Hall–Kier alpha value is 0.780. The van der Waals surface area contributed by atoms with Crippen LogP contribution in [-0.2, 0) is 0 Å². The van der Waals surface area contributed by atoms with Gasteiger partial charge in [0.2, 0.25) is 0 Å². The van der Waals surface area contributed by atoms with Crippen molar-refractivity contribution < 1.29 is 0 Å². The van der Waals surface area contributed by atoms with Crippen molar-refractivity contribution in [1.29, 1.82) is 0 Å². The molecular formula is C10H23PS+. The molecule has 0 amide bonds. The van der Waals surface area contributed by atoms with Crippen molar-refractivity contribution in [2.75, 3.05) is 0 Å². The standard InChI is InChI=1S/C10H23PS/c1-8(2)11(12,9(3)4)10(5,6)7/h8-9H,1-7H3/q+1. The topological polar surface area (TPSA) is 0 Å². The number of hydrogen-bond donors (Lipinski definition) is 0. The van der Waals surface area contributed by atoms with Gasteiger partial charge in [0.05, 0.1) is 22.9 Å². The highest BCUT2D eigenvalue weighted by molar-refractivity contribution is 8.54. The van der Waals surface area contributed by atoms with Gasteiger partial charge < -0.3 is 0 Å². The fourth-order valence-electron chi connectivity index (χ4n) is 2.15. The quantitative estimate of drug-likeness (QED) is 0.573. The van der Waals surface area contributed by atoms with E-state index in [1.54, 1.807) is 0 Å². The summed E-state index contributed by atoms with van der Waals surface area (Å²) in [6, 6.07) is 0. The third-order valence-electron chi connectivity index (χ3n) is 2.58. The van der Waals surface area contributed by atoms with Crippen LogP contribution in [0.4, 0.5) is 0 Å². The lowest BCUT2D eigenvalue weighted by atomic mass is 10.3. The summed E-state index contributed by atoms with van der Waals surface area (Å²) < 4.78 is 0. The molecule has 2 heteroatoms. The van der Waals surface area contributed by atoms with Crippen LogP contribution in [-0.4, -0.2) is 16.5 Å². The first-order valence-corrected chi connectivity index (χ1v) is 7.67. The lowest BCUT2D eigenvalue weighted by Gasteiger charge is -2.38. The first kappa shape index (κ1) is 12.8. The van der Waals surface area contributed by atoms with Crippen molar-refractivity contribution in [2.45, 2.75) is 64.9 Å². The maximum atomic E-state index is 5.90. The Morgan fingerprint density at radius 3 is 1.17 bits per heavy atom. The maximum absolute atomic E-state index is 5.90. The van der Waals surface area contributed by atoms with Crippen LogP contribution in [0, 0.1) is 0 Å². The average Bonchev–Trinajstić information content (AvgIpc) is 1.82. The third kappa shape index (κ3) is 2.17. The highest BCUT2D eigenvalue weighted by Crippen LogP contribution is 2.78. The molecule has 73 valence electrons. The van der Waals surface area contributed by atoms with Gasteiger partial charge in [-0.25, -0.2) is 0 Å². The predicted molar refractivity (Wildman–Crippen MR) is 64.5 cm³/mol. The molecule has 0 spiro atoms. The molecule has 0 fully saturated rings. The van der Waals surface area contributed by atoms with E-state index < -0.39 is 6.46 Å². The molecule has 1 radical (unpaired) electrons. The Morgan fingerprint density at radius 1 is 0.917 bits per heavy atom. The molecular weight excluding hydrogens is 183 g/mol. The fourth-order valence-corrected chi connectivity index (χ4v) is 6.44. The molecule has 0 saturated heterocycles. The molecule has 0 aliphatic carbocycles. The SMILES string of the molecule is CC(C)[P+]([S])(C(C)C)C(C)(C)C. The van der Waals surface area contributed by atoms with Gasteiger partial charge in [-0.1, -0.05) is 0 Å². The first-order chi connectivity index (χ1) is 5.14. The van der Waals surface area contributed by atoms with E-state index >= 15 is 0 Å². The summed E-state index contributed by atoms with van der Waals surface area (Å²) in [6.07, 6.45) is 0. The van der Waals surface area contributed by atoms with Crippen molar-refractivity contribution >= 4 is 18.7 Å². The molecule has 0 saturated carbocycles. The molecule has 0 unspecified atom stereocenters. The zero-order valence-corrected chi connectivity index (χ0v) is 11.2. The average molecular weight is 206 g/mol. The zero-order valence-electron chi connectivity index (χ0n) is 9.51. The fraction of sp³-hybridized carbons (Fsp3) is 1.00. The van der Waals surface area contributed by atoms with Gasteiger partial charge in [-0.15, -0.1) is 0 Å². The number of rotatable bonds is 2. The van der Waals surface area contributed by atoms with Gasteiger partial charge in [0.1, 0.15) is 12.2 Å². The van der Waals surface area contributed by atoms with Gasteiger partial charge >= 0.3 is 0 Å². The minimum Gasteiger partial charge on any atom is -0.0275 e. The van der Waals surface area contributed by atoms with E-state index in [4.69, 9.17) is 12.2 Å². The largest absolute Gasteiger partial charge is 0.128 e. The third-order valence-corrected chi connectivity index (χ3v) is 11.9. The number of hydrogen-bond acceptors (Lipinski definition) is 0. The van der Waals surface area contributed by atoms with Gasteiger partial charge in [0.15, 0.2) is 0 Å². The van der Waals surface area contributed by atoms with Crippen molar-refractivity contribution in [1.82, 2.24) is 0 Å². The highest BCUT2D eigenvalue weighted by Gasteiger charge is 2.53. The van der Waals surface area contributed by atoms with Crippen LogP contribution in [0.1, 0.15) is 48.5 Å². The molecule has 0 aliphatic heterocycles. The summed E-state index contributed by atoms with van der Waals surface area (Å²) in [6.45, 7) is 14.8. The summed E-state index contributed by atoms with van der Waals surface area (Å²) in [5, 5.41) is 0.324. The lowest BCUT2D eigenvalue weighted by Crippen LogP contribution is -2.28. The molecule has 0 aromatic rings. The van der Waals surface area contributed by atoms with Crippen LogP contribution in [0.5, 0.6) is 0 Å². The Morgan fingerprint density at radius 2 is 1.17 bits per heavy atom. The van der Waals surface area contributed by atoms with Gasteiger partial charge in [-0.3, -0.25) is 0 Å². The highest BCUT2D eigenvalue weighted by atomic mass is 32.7. The van der Waals surface area contributed by atoms with Crippen molar-refractivity contribution in [2.24, 2.45) is 0 Å². The normalized spacial score (nSPS) is 14.5. The Kier molecular flexibility index (Phi) is 4.13. The second-order valence-corrected chi connectivity index (χ2v) is 11.7. The van der Waals surface area contributed by atoms with Crippen molar-refractivity contribution in [3.63, 3.8) is 0 Å². The second-order valence-electron chi connectivity index (χ2n) is 5.07. The van der Waals surface area contributed by atoms with Gasteiger partial charge in [0.25, 0.3) is 0 Å². The Labute approximate surface area is 84.0 Å². The summed E-state index contributed by atoms with van der Waals surface area (Å²) in [4.78, 5) is 0. The van der Waals surface area contributed by atoms with Crippen LogP contribution >= 0.6 is 18.7 Å². The zero-order chi connectivity index (χ0) is 10.2. The summed E-state index contributed by atoms with van der Waals surface area (Å²) in [7, 11) is 0. The Bertz CT molecular complexity index is 136. The van der Waals surface area contributed by atoms with Crippen LogP contribution in [0.15, 0.2) is 0 Å². The van der Waals surface area contributed by atoms with E-state index in [0.717, 1.165) is 0 Å². The van der Waals surface area contributed by atoms with E-state index in [9.17, 15) is 0 Å². The van der Waals surface area contributed by atoms with Crippen LogP contribution in [0.3, 0.4) is 0 Å². The predicted octanol–water partition coefficient (Wildman–Crippen LogP) is 4.73. The van der Waals surface area contributed by atoms with Crippen molar-refractivity contribution in [3.05, 3.63) is 0 Å². The molecule has 0 aromatic carbocycles. The molecule has 0 aromatic heterocycles. The van der Waals surface area contributed by atoms with E-state index in [-0.39, 0.29) is 0 Å². The van der Waals surface area contributed by atoms with E-state index in [0.29, 0.717) is 16.5 Å². The summed E-state index contributed by atoms with van der Waals surface area (Å²) >= 11 is 5.90. The van der Waals surface area contributed by atoms with Gasteiger partial charge in [0, 0.05) is 0 Å². The summed E-state index contributed by atoms with van der Waals surface area (Å²) in [5.74, 6) is 0. The molecule has 0 nitrogen and oxygen atoms in total. The second kappa shape index (κ2) is 3.88. The molecule has 12 heavy (non-hydrogen) atoms. The minimum absolute atomic E-state index is 0.324. The van der Waals surface area contributed by atoms with Gasteiger partial charge in [-0.2, -0.15) is 0 Å². The van der Waals surface area contributed by atoms with E-state index in [1.807, 2.05) is 0 Å². The molecule has 0 atom stereocenters. The van der Waals surface area contributed by atoms with E-state index in [1.165, 1.54) is 0 Å². The first-order valence-electron chi connectivity index (χ1n) is 4.73. The smallest absolute Gasteiger partial charge is 0.0275 e. The van der Waals surface area contributed by atoms with Crippen molar-refractivity contribution in [3.8, 4) is 0 Å². The molecule has 0 rings (SSSR count). The Balaban J connectivity index is 4.89. The maximum Gasteiger partial charge on any atom is 0.128 e. The van der Waals surface area contributed by atoms with Crippen LogP contribution < -0.4 is 0 Å². The van der Waals surface area contributed by atoms with Crippen LogP contribution in [0.2, 0.25) is 0 Å². The minimum atomic E-state index is -1.21. The molecule has 0 bridgehead atoms. The monoisotopic (exact) mass is 206 g/mol. The van der Waals surface area contributed by atoms with Crippen LogP contribution in [0.25, 0.3) is 0 Å². The lowest BCUT2D eigenvalue weighted by molar-refractivity contribution is 0.749. The van der Waals surface area contributed by atoms with Gasteiger partial charge in [-0.05, 0) is 48.5 Å². The summed E-state index contributed by atoms with van der Waals surface area (Å²) in [5.41, 5.74) is 1.35. The molecule has 0 heterocycles. The van der Waals surface area contributed by atoms with E-state index in [2.05, 4.69) is 48.5 Å². The molecule has 0 N–H and O–H groups in total. The molecule has 0 aliphatic rings.